The van der Waals surface area contributed by atoms with E-state index in [4.69, 9.17) is 0 Å². The van der Waals surface area contributed by atoms with E-state index in [0.717, 1.165) is 5.82 Å². The van der Waals surface area contributed by atoms with E-state index in [-0.39, 0.29) is 5.69 Å². The van der Waals surface area contributed by atoms with Crippen molar-refractivity contribution in [3.63, 3.8) is 0 Å². The summed E-state index contributed by atoms with van der Waals surface area (Å²) in [7, 11) is 3.80. The van der Waals surface area contributed by atoms with Crippen LogP contribution >= 0.6 is 0 Å². The molecule has 0 saturated heterocycles. The largest absolute Gasteiger partial charge is 0.352 e. The Morgan fingerprint density at radius 2 is 2.21 bits per heavy atom. The molecule has 0 amide bonds. The van der Waals surface area contributed by atoms with Crippen molar-refractivity contribution in [2.24, 2.45) is 7.05 Å². The molecule has 2 aromatic rings. The minimum absolute atomic E-state index is 0.0362. The molecule has 0 N–H and O–H groups in total. The summed E-state index contributed by atoms with van der Waals surface area (Å²) in [4.78, 5) is 20.6. The summed E-state index contributed by atoms with van der Waals surface area (Å²) in [5.41, 5.74) is 0.635. The van der Waals surface area contributed by atoms with Crippen molar-refractivity contribution in [2.75, 3.05) is 11.9 Å². The zero-order valence-corrected chi connectivity index (χ0v) is 11.1. The third-order valence-electron chi connectivity index (χ3n) is 2.96. The lowest BCUT2D eigenvalue weighted by Gasteiger charge is -2.18. The van der Waals surface area contributed by atoms with Crippen molar-refractivity contribution in [3.8, 4) is 0 Å². The number of pyridine rings is 1. The quantitative estimate of drug-likeness (QED) is 0.618. The van der Waals surface area contributed by atoms with Crippen LogP contribution in [-0.2, 0) is 13.6 Å². The second-order valence-corrected chi connectivity index (χ2v) is 4.40. The topological polar surface area (TPSA) is 77.1 Å². The van der Waals surface area contributed by atoms with Crippen LogP contribution in [0.1, 0.15) is 11.4 Å². The van der Waals surface area contributed by atoms with E-state index < -0.39 is 4.92 Å². The lowest BCUT2D eigenvalue weighted by Crippen LogP contribution is -2.20. The standard InChI is InChI=1S/C12H15N5O2/c1-9-6-11(14-7-10(9)17(18)19)16(3)8-12-13-4-5-15(12)2/h4-7H,8H2,1-3H3. The highest BCUT2D eigenvalue weighted by Gasteiger charge is 2.14. The van der Waals surface area contributed by atoms with E-state index in [9.17, 15) is 10.1 Å². The van der Waals surface area contributed by atoms with Gasteiger partial charge < -0.3 is 9.47 Å². The Bertz CT molecular complexity index is 608. The van der Waals surface area contributed by atoms with E-state index in [0.29, 0.717) is 17.9 Å². The molecule has 100 valence electrons. The second-order valence-electron chi connectivity index (χ2n) is 4.40. The van der Waals surface area contributed by atoms with Gasteiger partial charge in [0.05, 0.1) is 11.5 Å². The number of anilines is 1. The zero-order chi connectivity index (χ0) is 14.0. The summed E-state index contributed by atoms with van der Waals surface area (Å²) in [5, 5.41) is 10.7. The molecule has 0 aliphatic rings. The van der Waals surface area contributed by atoms with Gasteiger partial charge in [-0.25, -0.2) is 9.97 Å². The molecule has 0 spiro atoms. The van der Waals surface area contributed by atoms with Gasteiger partial charge in [-0.2, -0.15) is 0 Å². The van der Waals surface area contributed by atoms with Crippen LogP contribution < -0.4 is 4.90 Å². The minimum Gasteiger partial charge on any atom is -0.352 e. The molecule has 2 aromatic heterocycles. The zero-order valence-electron chi connectivity index (χ0n) is 11.1. The lowest BCUT2D eigenvalue weighted by molar-refractivity contribution is -0.385. The summed E-state index contributed by atoms with van der Waals surface area (Å²) in [6.45, 7) is 2.30. The summed E-state index contributed by atoms with van der Waals surface area (Å²) in [6, 6.07) is 1.71. The van der Waals surface area contributed by atoms with Crippen molar-refractivity contribution in [1.82, 2.24) is 14.5 Å². The molecule has 0 aliphatic heterocycles. The first kappa shape index (κ1) is 13.0. The van der Waals surface area contributed by atoms with Gasteiger partial charge in [0.25, 0.3) is 5.69 Å². The molecule has 0 unspecified atom stereocenters. The van der Waals surface area contributed by atoms with Gasteiger partial charge in [-0.05, 0) is 13.0 Å². The Kier molecular flexibility index (Phi) is 3.46. The monoisotopic (exact) mass is 261 g/mol. The van der Waals surface area contributed by atoms with Crippen LogP contribution in [0.15, 0.2) is 24.7 Å². The van der Waals surface area contributed by atoms with E-state index >= 15 is 0 Å². The molecular formula is C12H15N5O2. The third kappa shape index (κ3) is 2.70. The van der Waals surface area contributed by atoms with Crippen LogP contribution in [0.25, 0.3) is 0 Å². The smallest absolute Gasteiger partial charge is 0.290 e. The van der Waals surface area contributed by atoms with E-state index in [1.165, 1.54) is 6.20 Å². The van der Waals surface area contributed by atoms with Crippen molar-refractivity contribution >= 4 is 11.5 Å². The van der Waals surface area contributed by atoms with E-state index in [1.54, 1.807) is 19.2 Å². The average Bonchev–Trinajstić information content (AvgIpc) is 2.74. The maximum atomic E-state index is 10.7. The molecule has 0 atom stereocenters. The van der Waals surface area contributed by atoms with Crippen molar-refractivity contribution in [3.05, 3.63) is 46.2 Å². The molecule has 2 heterocycles. The SMILES string of the molecule is Cc1cc(N(C)Cc2nccn2C)ncc1[N+](=O)[O-]. The van der Waals surface area contributed by atoms with Crippen molar-refractivity contribution in [2.45, 2.75) is 13.5 Å². The van der Waals surface area contributed by atoms with Gasteiger partial charge in [-0.15, -0.1) is 0 Å². The molecule has 0 saturated carbocycles. The van der Waals surface area contributed by atoms with Gasteiger partial charge in [0.1, 0.15) is 17.8 Å². The van der Waals surface area contributed by atoms with Crippen LogP contribution in [0.5, 0.6) is 0 Å². The van der Waals surface area contributed by atoms with Gasteiger partial charge in [0.15, 0.2) is 0 Å². The highest BCUT2D eigenvalue weighted by atomic mass is 16.6. The predicted octanol–water partition coefficient (Wildman–Crippen LogP) is 1.67. The summed E-state index contributed by atoms with van der Waals surface area (Å²) >= 11 is 0. The Balaban J connectivity index is 2.20. The summed E-state index contributed by atoms with van der Waals surface area (Å²) in [5.74, 6) is 1.59. The summed E-state index contributed by atoms with van der Waals surface area (Å²) in [6.07, 6.45) is 4.90. The average molecular weight is 261 g/mol. The number of rotatable bonds is 4. The number of imidazole rings is 1. The first-order valence-corrected chi connectivity index (χ1v) is 5.77. The number of nitro groups is 1. The fraction of sp³-hybridized carbons (Fsp3) is 0.333. The fourth-order valence-corrected chi connectivity index (χ4v) is 1.78. The highest BCUT2D eigenvalue weighted by molar-refractivity contribution is 5.48. The highest BCUT2D eigenvalue weighted by Crippen LogP contribution is 2.21. The molecule has 7 nitrogen and oxygen atoms in total. The van der Waals surface area contributed by atoms with Crippen LogP contribution in [0.3, 0.4) is 0 Å². The fourth-order valence-electron chi connectivity index (χ4n) is 1.78. The maximum Gasteiger partial charge on any atom is 0.290 e. The molecule has 19 heavy (non-hydrogen) atoms. The van der Waals surface area contributed by atoms with Gasteiger partial charge in [-0.1, -0.05) is 0 Å². The summed E-state index contributed by atoms with van der Waals surface area (Å²) < 4.78 is 1.93. The van der Waals surface area contributed by atoms with Gasteiger partial charge in [-0.3, -0.25) is 10.1 Å². The number of hydrogen-bond acceptors (Lipinski definition) is 5. The molecule has 0 aliphatic carbocycles. The van der Waals surface area contributed by atoms with E-state index in [2.05, 4.69) is 9.97 Å². The first-order chi connectivity index (χ1) is 8.99. The number of nitrogens with zero attached hydrogens (tertiary/aromatic N) is 5. The van der Waals surface area contributed by atoms with Crippen LogP contribution in [0.2, 0.25) is 0 Å². The van der Waals surface area contributed by atoms with E-state index in [1.807, 2.05) is 29.8 Å². The predicted molar refractivity (Wildman–Crippen MR) is 70.9 cm³/mol. The molecule has 2 rings (SSSR count). The maximum absolute atomic E-state index is 10.7. The van der Waals surface area contributed by atoms with Crippen molar-refractivity contribution < 1.29 is 4.92 Å². The molecule has 0 bridgehead atoms. The normalized spacial score (nSPS) is 10.5. The molecule has 7 heteroatoms. The lowest BCUT2D eigenvalue weighted by atomic mass is 10.2. The number of aryl methyl sites for hydroxylation is 2. The third-order valence-corrected chi connectivity index (χ3v) is 2.96. The van der Waals surface area contributed by atoms with Gasteiger partial charge >= 0.3 is 0 Å². The van der Waals surface area contributed by atoms with Gasteiger partial charge in [0, 0.05) is 32.1 Å². The van der Waals surface area contributed by atoms with Crippen LogP contribution in [-0.4, -0.2) is 26.5 Å². The molecule has 0 radical (unpaired) electrons. The Morgan fingerprint density at radius 1 is 1.47 bits per heavy atom. The van der Waals surface area contributed by atoms with Gasteiger partial charge in [0.2, 0.25) is 0 Å². The van der Waals surface area contributed by atoms with Crippen molar-refractivity contribution in [1.29, 1.82) is 0 Å². The van der Waals surface area contributed by atoms with Crippen LogP contribution in [0.4, 0.5) is 11.5 Å². The second kappa shape index (κ2) is 5.05. The molecule has 0 fully saturated rings. The number of aromatic nitrogens is 3. The number of hydrogen-bond donors (Lipinski definition) is 0. The Morgan fingerprint density at radius 3 is 2.74 bits per heavy atom. The molecular weight excluding hydrogens is 246 g/mol. The molecule has 0 aromatic carbocycles. The minimum atomic E-state index is -0.426. The first-order valence-electron chi connectivity index (χ1n) is 5.77. The van der Waals surface area contributed by atoms with Crippen LogP contribution in [0, 0.1) is 17.0 Å². The Hall–Kier alpha value is -2.44. The Labute approximate surface area is 110 Å².